The quantitative estimate of drug-likeness (QED) is 0.675. The summed E-state index contributed by atoms with van der Waals surface area (Å²) in [5.41, 5.74) is 11.9. The highest BCUT2D eigenvalue weighted by Crippen LogP contribution is 2.06. The molecule has 12 heavy (non-hydrogen) atoms. The first-order valence-corrected chi connectivity index (χ1v) is 3.27. The second kappa shape index (κ2) is 3.04. The minimum absolute atomic E-state index is 0.0463. The Kier molecular flexibility index (Phi) is 2.09. The van der Waals surface area contributed by atoms with E-state index in [1.807, 2.05) is 0 Å². The fourth-order valence-corrected chi connectivity index (χ4v) is 0.896. The number of nitrogens with two attached hydrogens (primary N) is 1. The van der Waals surface area contributed by atoms with Crippen molar-refractivity contribution in [3.05, 3.63) is 35.4 Å². The van der Waals surface area contributed by atoms with E-state index >= 15 is 0 Å². The van der Waals surface area contributed by atoms with Crippen LogP contribution in [0.2, 0.25) is 0 Å². The Hall–Kier alpha value is -1.84. The molecule has 0 aliphatic carbocycles. The number of amides is 2. The van der Waals surface area contributed by atoms with E-state index in [2.05, 4.69) is 0 Å². The fourth-order valence-electron chi connectivity index (χ4n) is 0.896. The normalized spacial score (nSPS) is 9.33. The van der Waals surface area contributed by atoms with Crippen molar-refractivity contribution < 1.29 is 9.59 Å². The highest BCUT2D eigenvalue weighted by atomic mass is 16.2. The molecule has 2 amide bonds. The van der Waals surface area contributed by atoms with Gasteiger partial charge in [0.05, 0.1) is 11.1 Å². The van der Waals surface area contributed by atoms with E-state index < -0.39 is 11.8 Å². The lowest BCUT2D eigenvalue weighted by Crippen LogP contribution is -2.16. The average molecular weight is 163 g/mol. The molecule has 0 saturated carbocycles. The SMILES string of the molecule is [NH]C(=O)c1ccccc1C(N)=O. The predicted octanol–water partition coefficient (Wildman–Crippen LogP) is 0.209. The molecule has 61 valence electrons. The Morgan fingerprint density at radius 3 is 2.00 bits per heavy atom. The van der Waals surface area contributed by atoms with Gasteiger partial charge in [-0.15, -0.1) is 0 Å². The van der Waals surface area contributed by atoms with Crippen molar-refractivity contribution in [2.45, 2.75) is 0 Å². The third-order valence-corrected chi connectivity index (χ3v) is 1.44. The van der Waals surface area contributed by atoms with Crippen molar-refractivity contribution in [2.75, 3.05) is 0 Å². The molecular weight excluding hydrogens is 156 g/mol. The summed E-state index contributed by atoms with van der Waals surface area (Å²) < 4.78 is 0. The van der Waals surface area contributed by atoms with Crippen LogP contribution in [0.1, 0.15) is 20.7 Å². The van der Waals surface area contributed by atoms with Gasteiger partial charge in [-0.3, -0.25) is 15.3 Å². The van der Waals surface area contributed by atoms with Gasteiger partial charge in [0.25, 0.3) is 5.91 Å². The minimum atomic E-state index is -0.899. The number of carbonyl (C=O) groups is 2. The van der Waals surface area contributed by atoms with Crippen LogP contribution >= 0.6 is 0 Å². The summed E-state index contributed by atoms with van der Waals surface area (Å²) in [4.78, 5) is 21.3. The van der Waals surface area contributed by atoms with Gasteiger partial charge in [-0.2, -0.15) is 0 Å². The van der Waals surface area contributed by atoms with E-state index in [0.29, 0.717) is 0 Å². The van der Waals surface area contributed by atoms with Crippen LogP contribution in [0.4, 0.5) is 0 Å². The maximum Gasteiger partial charge on any atom is 0.270 e. The number of carbonyl (C=O) groups excluding carboxylic acids is 2. The summed E-state index contributed by atoms with van der Waals surface area (Å²) in [5, 5.41) is 0. The number of rotatable bonds is 2. The van der Waals surface area contributed by atoms with E-state index in [1.165, 1.54) is 12.1 Å². The van der Waals surface area contributed by atoms with Gasteiger partial charge in [0, 0.05) is 0 Å². The smallest absolute Gasteiger partial charge is 0.270 e. The second-order valence-corrected chi connectivity index (χ2v) is 2.24. The van der Waals surface area contributed by atoms with Crippen molar-refractivity contribution in [3.8, 4) is 0 Å². The molecule has 1 aromatic carbocycles. The molecule has 1 radical (unpaired) electrons. The molecule has 4 nitrogen and oxygen atoms in total. The van der Waals surface area contributed by atoms with Crippen LogP contribution in [0.15, 0.2) is 24.3 Å². The lowest BCUT2D eigenvalue weighted by atomic mass is 10.1. The van der Waals surface area contributed by atoms with E-state index in [1.54, 1.807) is 12.1 Å². The molecule has 0 atom stereocenters. The highest BCUT2D eigenvalue weighted by molar-refractivity contribution is 6.05. The number of hydrogen-bond donors (Lipinski definition) is 1. The fraction of sp³-hybridized carbons (Fsp3) is 0. The molecule has 1 rings (SSSR count). The molecule has 0 unspecified atom stereocenters. The lowest BCUT2D eigenvalue weighted by Gasteiger charge is -1.99. The topological polar surface area (TPSA) is 84.0 Å². The van der Waals surface area contributed by atoms with Gasteiger partial charge >= 0.3 is 0 Å². The maximum atomic E-state index is 10.7. The van der Waals surface area contributed by atoms with Gasteiger partial charge in [0.1, 0.15) is 0 Å². The molecule has 0 aromatic heterocycles. The molecule has 0 bridgehead atoms. The Morgan fingerprint density at radius 1 is 1.17 bits per heavy atom. The van der Waals surface area contributed by atoms with E-state index in [-0.39, 0.29) is 11.1 Å². The van der Waals surface area contributed by atoms with Crippen LogP contribution in [0.3, 0.4) is 0 Å². The zero-order valence-corrected chi connectivity index (χ0v) is 6.20. The van der Waals surface area contributed by atoms with Crippen molar-refractivity contribution in [3.63, 3.8) is 0 Å². The molecule has 3 N–H and O–H groups in total. The summed E-state index contributed by atoms with van der Waals surface area (Å²) in [7, 11) is 0. The van der Waals surface area contributed by atoms with Gasteiger partial charge in [-0.25, -0.2) is 0 Å². The van der Waals surface area contributed by atoms with E-state index in [9.17, 15) is 9.59 Å². The van der Waals surface area contributed by atoms with Crippen molar-refractivity contribution in [2.24, 2.45) is 5.73 Å². The monoisotopic (exact) mass is 163 g/mol. The lowest BCUT2D eigenvalue weighted by molar-refractivity contribution is 0.0963. The molecule has 0 saturated heterocycles. The average Bonchev–Trinajstić information content (AvgIpc) is 2.04. The largest absolute Gasteiger partial charge is 0.366 e. The third kappa shape index (κ3) is 1.42. The Bertz CT molecular complexity index is 301. The summed E-state index contributed by atoms with van der Waals surface area (Å²) in [6.07, 6.45) is 0. The molecule has 0 spiro atoms. The molecule has 0 aliphatic heterocycles. The summed E-state index contributed by atoms with van der Waals surface area (Å²) in [5.74, 6) is -1.59. The standard InChI is InChI=1S/C8H7N2O2/c9-7(11)5-3-1-2-4-6(5)8(10)12/h1-4,9H,(H2,10,12). The van der Waals surface area contributed by atoms with Crippen LogP contribution in [0.25, 0.3) is 0 Å². The molecule has 0 heterocycles. The van der Waals surface area contributed by atoms with Gasteiger partial charge in [0.2, 0.25) is 5.91 Å². The molecule has 1 aromatic rings. The number of primary amides is 1. The Labute approximate surface area is 69.2 Å². The van der Waals surface area contributed by atoms with Crippen LogP contribution in [-0.4, -0.2) is 11.8 Å². The first-order valence-electron chi connectivity index (χ1n) is 3.27. The highest BCUT2D eigenvalue weighted by Gasteiger charge is 2.10. The van der Waals surface area contributed by atoms with E-state index in [0.717, 1.165) is 0 Å². The maximum absolute atomic E-state index is 10.7. The van der Waals surface area contributed by atoms with Crippen LogP contribution < -0.4 is 11.5 Å². The molecule has 0 aliphatic rings. The zero-order valence-electron chi connectivity index (χ0n) is 6.20. The zero-order chi connectivity index (χ0) is 9.14. The first-order chi connectivity index (χ1) is 5.63. The molecular formula is C8H7N2O2. The second-order valence-electron chi connectivity index (χ2n) is 2.24. The number of hydrogen-bond acceptors (Lipinski definition) is 2. The number of benzene rings is 1. The summed E-state index contributed by atoms with van der Waals surface area (Å²) in [6.45, 7) is 0. The van der Waals surface area contributed by atoms with Gasteiger partial charge in [0.15, 0.2) is 0 Å². The van der Waals surface area contributed by atoms with Gasteiger partial charge in [-0.05, 0) is 12.1 Å². The van der Waals surface area contributed by atoms with Crippen LogP contribution in [0.5, 0.6) is 0 Å². The van der Waals surface area contributed by atoms with E-state index in [4.69, 9.17) is 11.5 Å². The summed E-state index contributed by atoms with van der Waals surface area (Å²) in [6, 6.07) is 5.99. The molecule has 0 fully saturated rings. The van der Waals surface area contributed by atoms with Crippen molar-refractivity contribution in [1.29, 1.82) is 0 Å². The number of nitrogens with one attached hydrogen (secondary N) is 1. The van der Waals surface area contributed by atoms with Gasteiger partial charge in [-0.1, -0.05) is 12.1 Å². The first kappa shape index (κ1) is 8.26. The van der Waals surface area contributed by atoms with Crippen LogP contribution in [0, 0.1) is 0 Å². The van der Waals surface area contributed by atoms with Crippen molar-refractivity contribution >= 4 is 11.8 Å². The van der Waals surface area contributed by atoms with Crippen LogP contribution in [-0.2, 0) is 0 Å². The van der Waals surface area contributed by atoms with Gasteiger partial charge < -0.3 is 5.73 Å². The Morgan fingerprint density at radius 2 is 1.67 bits per heavy atom. The third-order valence-electron chi connectivity index (χ3n) is 1.44. The predicted molar refractivity (Wildman–Crippen MR) is 42.4 cm³/mol. The summed E-state index contributed by atoms with van der Waals surface area (Å²) >= 11 is 0. The minimum Gasteiger partial charge on any atom is -0.366 e. The Balaban J connectivity index is 3.27. The molecule has 4 heteroatoms. The van der Waals surface area contributed by atoms with Crippen molar-refractivity contribution in [1.82, 2.24) is 5.73 Å².